The average molecular weight is 474 g/mol. The molecule has 1 atom stereocenters. The summed E-state index contributed by atoms with van der Waals surface area (Å²) in [5.74, 6) is 0.637. The zero-order valence-corrected chi connectivity index (χ0v) is 17.0. The first-order valence-electron chi connectivity index (χ1n) is 8.27. The summed E-state index contributed by atoms with van der Waals surface area (Å²) in [6, 6.07) is 9.94. The lowest BCUT2D eigenvalue weighted by molar-refractivity contribution is 0.0435. The maximum Gasteiger partial charge on any atom is 0.191 e. The van der Waals surface area contributed by atoms with Gasteiger partial charge in [0.25, 0.3) is 0 Å². The van der Waals surface area contributed by atoms with E-state index < -0.39 is 5.60 Å². The second kappa shape index (κ2) is 8.72. The lowest BCUT2D eigenvalue weighted by Gasteiger charge is -2.36. The summed E-state index contributed by atoms with van der Waals surface area (Å²) in [7, 11) is 0. The molecule has 26 heavy (non-hydrogen) atoms. The van der Waals surface area contributed by atoms with Crippen molar-refractivity contribution in [3.8, 4) is 0 Å². The van der Waals surface area contributed by atoms with Gasteiger partial charge in [0.1, 0.15) is 17.2 Å². The Labute approximate surface area is 169 Å². The van der Waals surface area contributed by atoms with Crippen LogP contribution in [0.15, 0.2) is 52.1 Å². The van der Waals surface area contributed by atoms with E-state index in [4.69, 9.17) is 10.2 Å². The number of guanidine groups is 1. The molecule has 8 heteroatoms. The van der Waals surface area contributed by atoms with E-state index in [9.17, 15) is 9.50 Å². The van der Waals surface area contributed by atoms with Gasteiger partial charge in [0.2, 0.25) is 0 Å². The van der Waals surface area contributed by atoms with Crippen molar-refractivity contribution in [3.05, 3.63) is 54.2 Å². The van der Waals surface area contributed by atoms with Gasteiger partial charge in [-0.2, -0.15) is 0 Å². The highest BCUT2D eigenvalue weighted by Gasteiger charge is 2.26. The van der Waals surface area contributed by atoms with Crippen LogP contribution in [0.4, 0.5) is 10.1 Å². The Balaban J connectivity index is 0.00000243. The summed E-state index contributed by atoms with van der Waals surface area (Å²) >= 11 is 0. The topological polar surface area (TPSA) is 78.2 Å². The van der Waals surface area contributed by atoms with Crippen LogP contribution in [0.5, 0.6) is 0 Å². The molecule has 0 radical (unpaired) electrons. The monoisotopic (exact) mass is 474 g/mol. The molecule has 0 spiro atoms. The molecule has 0 amide bonds. The molecule has 142 valence electrons. The van der Waals surface area contributed by atoms with Crippen LogP contribution in [0.3, 0.4) is 0 Å². The third kappa shape index (κ3) is 4.88. The summed E-state index contributed by atoms with van der Waals surface area (Å²) in [4.78, 5) is 8.49. The Morgan fingerprint density at radius 3 is 2.46 bits per heavy atom. The number of halogens is 2. The molecule has 3 N–H and O–H groups in total. The molecular weight excluding hydrogens is 450 g/mol. The van der Waals surface area contributed by atoms with Crippen molar-refractivity contribution in [1.29, 1.82) is 0 Å². The standard InChI is InChI=1S/C18H23FN4O2.HI/c1-18(24,16-3-2-12-25-16)13-21-17(20)23-10-8-22(9-11-23)15-6-4-14(19)5-7-15;/h2-7,12,24H,8-11,13H2,1H3,(H2,20,21);1H. The number of furan rings is 1. The minimum atomic E-state index is -1.19. The van der Waals surface area contributed by atoms with Gasteiger partial charge in [-0.1, -0.05) is 0 Å². The maximum absolute atomic E-state index is 13.0. The second-order valence-corrected chi connectivity index (χ2v) is 6.38. The van der Waals surface area contributed by atoms with Gasteiger partial charge in [-0.15, -0.1) is 24.0 Å². The van der Waals surface area contributed by atoms with Gasteiger partial charge in [-0.25, -0.2) is 9.38 Å². The van der Waals surface area contributed by atoms with Crippen LogP contribution in [0.1, 0.15) is 12.7 Å². The number of nitrogens with zero attached hydrogens (tertiary/aromatic N) is 3. The third-order valence-electron chi connectivity index (χ3n) is 4.40. The predicted molar refractivity (Wildman–Crippen MR) is 110 cm³/mol. The van der Waals surface area contributed by atoms with Gasteiger partial charge < -0.3 is 25.1 Å². The number of piperazine rings is 1. The Hall–Kier alpha value is -1.81. The van der Waals surface area contributed by atoms with Crippen LogP contribution in [0.25, 0.3) is 0 Å². The first-order valence-corrected chi connectivity index (χ1v) is 8.27. The second-order valence-electron chi connectivity index (χ2n) is 6.38. The first kappa shape index (κ1) is 20.5. The van der Waals surface area contributed by atoms with Crippen molar-refractivity contribution in [3.63, 3.8) is 0 Å². The minimum Gasteiger partial charge on any atom is -0.466 e. The lowest BCUT2D eigenvalue weighted by Crippen LogP contribution is -2.51. The largest absolute Gasteiger partial charge is 0.466 e. The van der Waals surface area contributed by atoms with E-state index in [-0.39, 0.29) is 36.3 Å². The molecule has 6 nitrogen and oxygen atoms in total. The summed E-state index contributed by atoms with van der Waals surface area (Å²) in [6.45, 7) is 4.76. The molecule has 1 fully saturated rings. The van der Waals surface area contributed by atoms with E-state index in [0.29, 0.717) is 11.7 Å². The van der Waals surface area contributed by atoms with Crippen molar-refractivity contribution in [2.75, 3.05) is 37.6 Å². The van der Waals surface area contributed by atoms with Crippen LogP contribution >= 0.6 is 24.0 Å². The number of aliphatic hydroxyl groups is 1. The van der Waals surface area contributed by atoms with E-state index in [1.165, 1.54) is 18.4 Å². The van der Waals surface area contributed by atoms with Gasteiger partial charge >= 0.3 is 0 Å². The molecule has 2 aromatic rings. The molecular formula is C18H24FIN4O2. The van der Waals surface area contributed by atoms with E-state index in [2.05, 4.69) is 9.89 Å². The SMILES string of the molecule is CC(O)(CN=C(N)N1CCN(c2ccc(F)cc2)CC1)c1ccco1.I. The van der Waals surface area contributed by atoms with Crippen LogP contribution in [0.2, 0.25) is 0 Å². The molecule has 0 bridgehead atoms. The normalized spacial score (nSPS) is 17.6. The van der Waals surface area contributed by atoms with Crippen molar-refractivity contribution in [1.82, 2.24) is 4.90 Å². The fourth-order valence-corrected chi connectivity index (χ4v) is 2.84. The number of benzene rings is 1. The summed E-state index contributed by atoms with van der Waals surface area (Å²) < 4.78 is 18.3. The van der Waals surface area contributed by atoms with E-state index in [1.54, 1.807) is 31.2 Å². The van der Waals surface area contributed by atoms with E-state index in [1.807, 2.05) is 4.90 Å². The van der Waals surface area contributed by atoms with Gasteiger partial charge in [-0.05, 0) is 43.3 Å². The fourth-order valence-electron chi connectivity index (χ4n) is 2.84. The summed E-state index contributed by atoms with van der Waals surface area (Å²) in [5, 5.41) is 10.4. The molecule has 3 rings (SSSR count). The van der Waals surface area contributed by atoms with Crippen molar-refractivity contribution < 1.29 is 13.9 Å². The number of hydrogen-bond acceptors (Lipinski definition) is 4. The highest BCUT2D eigenvalue weighted by molar-refractivity contribution is 14.0. The molecule has 1 unspecified atom stereocenters. The average Bonchev–Trinajstić information content (AvgIpc) is 3.16. The fraction of sp³-hybridized carbons (Fsp3) is 0.389. The van der Waals surface area contributed by atoms with Gasteiger partial charge in [0.05, 0.1) is 12.8 Å². The number of aliphatic imine (C=N–C) groups is 1. The lowest BCUT2D eigenvalue weighted by atomic mass is 10.0. The quantitative estimate of drug-likeness (QED) is 0.405. The van der Waals surface area contributed by atoms with Crippen molar-refractivity contribution in [2.45, 2.75) is 12.5 Å². The number of rotatable bonds is 4. The molecule has 1 aromatic heterocycles. The molecule has 1 aromatic carbocycles. The maximum atomic E-state index is 13.0. The van der Waals surface area contributed by atoms with Crippen LogP contribution in [-0.2, 0) is 5.60 Å². The number of anilines is 1. The molecule has 2 heterocycles. The summed E-state index contributed by atoms with van der Waals surface area (Å²) in [5.41, 5.74) is 5.89. The molecule has 0 aliphatic carbocycles. The number of nitrogens with two attached hydrogens (primary N) is 1. The predicted octanol–water partition coefficient (Wildman–Crippen LogP) is 2.38. The third-order valence-corrected chi connectivity index (χ3v) is 4.40. The highest BCUT2D eigenvalue weighted by Crippen LogP contribution is 2.21. The van der Waals surface area contributed by atoms with Gasteiger partial charge in [0.15, 0.2) is 5.96 Å². The molecule has 1 aliphatic heterocycles. The van der Waals surface area contributed by atoms with Crippen LogP contribution < -0.4 is 10.6 Å². The molecule has 0 saturated carbocycles. The van der Waals surface area contributed by atoms with Gasteiger partial charge in [-0.3, -0.25) is 0 Å². The summed E-state index contributed by atoms with van der Waals surface area (Å²) in [6.07, 6.45) is 1.52. The van der Waals surface area contributed by atoms with E-state index in [0.717, 1.165) is 31.9 Å². The van der Waals surface area contributed by atoms with Crippen LogP contribution in [0, 0.1) is 5.82 Å². The van der Waals surface area contributed by atoms with Crippen molar-refractivity contribution >= 4 is 35.6 Å². The van der Waals surface area contributed by atoms with Crippen molar-refractivity contribution in [2.24, 2.45) is 10.7 Å². The Morgan fingerprint density at radius 2 is 1.88 bits per heavy atom. The Bertz CT molecular complexity index is 711. The Morgan fingerprint density at radius 1 is 1.23 bits per heavy atom. The van der Waals surface area contributed by atoms with Gasteiger partial charge in [0, 0.05) is 31.9 Å². The minimum absolute atomic E-state index is 0. The smallest absolute Gasteiger partial charge is 0.191 e. The Kier molecular flexibility index (Phi) is 6.87. The number of hydrogen-bond donors (Lipinski definition) is 2. The molecule has 1 aliphatic rings. The van der Waals surface area contributed by atoms with Crippen LogP contribution in [-0.4, -0.2) is 48.7 Å². The van der Waals surface area contributed by atoms with E-state index >= 15 is 0 Å². The zero-order valence-electron chi connectivity index (χ0n) is 14.6. The zero-order chi connectivity index (χ0) is 17.9. The first-order chi connectivity index (χ1) is 12.0. The highest BCUT2D eigenvalue weighted by atomic mass is 127. The molecule has 1 saturated heterocycles.